The van der Waals surface area contributed by atoms with Crippen LogP contribution in [0.4, 0.5) is 4.39 Å². The fourth-order valence-corrected chi connectivity index (χ4v) is 1.89. The molecule has 1 aliphatic rings. The number of phenolic OH excluding ortho intramolecular Hbond substituents is 1. The molecule has 2 rings (SSSR count). The highest BCUT2D eigenvalue weighted by Crippen LogP contribution is 2.30. The Kier molecular flexibility index (Phi) is 3.04. The van der Waals surface area contributed by atoms with Gasteiger partial charge in [-0.2, -0.15) is 5.26 Å². The molecule has 4 nitrogen and oxygen atoms in total. The summed E-state index contributed by atoms with van der Waals surface area (Å²) in [5.74, 6) is -1.12. The average molecular weight is 221 g/mol. The maximum absolute atomic E-state index is 13.2. The van der Waals surface area contributed by atoms with E-state index in [1.54, 1.807) is 0 Å². The van der Waals surface area contributed by atoms with Crippen molar-refractivity contribution in [2.45, 2.75) is 6.04 Å². The molecule has 1 saturated heterocycles. The van der Waals surface area contributed by atoms with Crippen LogP contribution in [0.3, 0.4) is 0 Å². The third kappa shape index (κ3) is 1.85. The van der Waals surface area contributed by atoms with Gasteiger partial charge in [-0.25, -0.2) is 4.39 Å². The fourth-order valence-electron chi connectivity index (χ4n) is 1.89. The van der Waals surface area contributed by atoms with Crippen molar-refractivity contribution < 1.29 is 9.50 Å². The molecule has 0 aromatic heterocycles. The first-order valence-electron chi connectivity index (χ1n) is 5.09. The molecule has 1 aliphatic heterocycles. The van der Waals surface area contributed by atoms with Crippen LogP contribution in [-0.4, -0.2) is 24.7 Å². The number of benzene rings is 1. The van der Waals surface area contributed by atoms with Gasteiger partial charge in [0.1, 0.15) is 0 Å². The Hall–Kier alpha value is -1.64. The van der Waals surface area contributed by atoms with Gasteiger partial charge in [-0.15, -0.1) is 0 Å². The number of aromatic hydroxyl groups is 1. The van der Waals surface area contributed by atoms with Gasteiger partial charge in [-0.1, -0.05) is 0 Å². The molecule has 0 spiro atoms. The van der Waals surface area contributed by atoms with Gasteiger partial charge in [0.25, 0.3) is 0 Å². The number of hydrogen-bond donors (Lipinski definition) is 3. The fraction of sp³-hybridized carbons (Fsp3) is 0.364. The Balaban J connectivity index is 2.44. The lowest BCUT2D eigenvalue weighted by atomic mass is 9.98. The lowest BCUT2D eigenvalue weighted by Crippen LogP contribution is -2.43. The Morgan fingerprint density at radius 1 is 1.44 bits per heavy atom. The molecule has 1 aromatic carbocycles. The molecule has 5 heteroatoms. The summed E-state index contributed by atoms with van der Waals surface area (Å²) in [5.41, 5.74) is 0.648. The molecule has 0 amide bonds. The van der Waals surface area contributed by atoms with E-state index in [0.717, 1.165) is 19.2 Å². The number of rotatable bonds is 1. The van der Waals surface area contributed by atoms with Crippen molar-refractivity contribution >= 4 is 0 Å². The summed E-state index contributed by atoms with van der Waals surface area (Å²) in [7, 11) is 0. The van der Waals surface area contributed by atoms with Crippen LogP contribution in [-0.2, 0) is 0 Å². The van der Waals surface area contributed by atoms with E-state index in [9.17, 15) is 9.50 Å². The first-order valence-corrected chi connectivity index (χ1v) is 5.09. The number of hydrogen-bond acceptors (Lipinski definition) is 4. The van der Waals surface area contributed by atoms with Crippen LogP contribution in [0.15, 0.2) is 12.1 Å². The van der Waals surface area contributed by atoms with E-state index < -0.39 is 11.6 Å². The highest BCUT2D eigenvalue weighted by Gasteiger charge is 2.23. The monoisotopic (exact) mass is 221 g/mol. The number of piperazine rings is 1. The number of nitrogens with one attached hydrogen (secondary N) is 2. The summed E-state index contributed by atoms with van der Waals surface area (Å²) >= 11 is 0. The predicted octanol–water partition coefficient (Wildman–Crippen LogP) is 0.637. The summed E-state index contributed by atoms with van der Waals surface area (Å²) in [4.78, 5) is 0. The van der Waals surface area contributed by atoms with Gasteiger partial charge < -0.3 is 15.7 Å². The molecule has 0 radical (unpaired) electrons. The molecule has 0 unspecified atom stereocenters. The number of halogens is 1. The van der Waals surface area contributed by atoms with E-state index in [-0.39, 0.29) is 6.04 Å². The Morgan fingerprint density at radius 3 is 2.88 bits per heavy atom. The van der Waals surface area contributed by atoms with Crippen LogP contribution in [0.1, 0.15) is 17.2 Å². The highest BCUT2D eigenvalue weighted by atomic mass is 19.1. The molecule has 0 aliphatic carbocycles. The van der Waals surface area contributed by atoms with Crippen LogP contribution in [0.2, 0.25) is 0 Å². The summed E-state index contributed by atoms with van der Waals surface area (Å²) in [6.45, 7) is 2.13. The van der Waals surface area contributed by atoms with Crippen LogP contribution >= 0.6 is 0 Å². The zero-order valence-electron chi connectivity index (χ0n) is 8.63. The van der Waals surface area contributed by atoms with Gasteiger partial charge in [-0.05, 0) is 12.1 Å². The first-order chi connectivity index (χ1) is 7.74. The van der Waals surface area contributed by atoms with Crippen molar-refractivity contribution in [3.05, 3.63) is 29.1 Å². The molecular formula is C11H12FN3O. The standard InChI is InChI=1S/C11H12FN3O/c12-8-2-1-7(5-13)10(11(8)16)9-6-14-3-4-15-9/h1-2,9,14-16H,3-4,6H2/t9-/m1/s1. The minimum atomic E-state index is -0.693. The Morgan fingerprint density at radius 2 is 2.25 bits per heavy atom. The normalized spacial score (nSPS) is 20.4. The zero-order chi connectivity index (χ0) is 11.5. The van der Waals surface area contributed by atoms with E-state index in [2.05, 4.69) is 10.6 Å². The molecule has 1 atom stereocenters. The van der Waals surface area contributed by atoms with Gasteiger partial charge in [0.2, 0.25) is 0 Å². The quantitative estimate of drug-likeness (QED) is 0.651. The molecule has 3 N–H and O–H groups in total. The van der Waals surface area contributed by atoms with Crippen molar-refractivity contribution in [2.24, 2.45) is 0 Å². The molecule has 1 fully saturated rings. The van der Waals surface area contributed by atoms with Crippen molar-refractivity contribution in [1.82, 2.24) is 10.6 Å². The lowest BCUT2D eigenvalue weighted by Gasteiger charge is -2.26. The van der Waals surface area contributed by atoms with E-state index in [4.69, 9.17) is 5.26 Å². The SMILES string of the molecule is N#Cc1ccc(F)c(O)c1[C@H]1CNCCN1. The lowest BCUT2D eigenvalue weighted by molar-refractivity contribution is 0.387. The second kappa shape index (κ2) is 4.47. The maximum Gasteiger partial charge on any atom is 0.165 e. The first kappa shape index (κ1) is 10.9. The topological polar surface area (TPSA) is 68.1 Å². The van der Waals surface area contributed by atoms with Crippen LogP contribution in [0.5, 0.6) is 5.75 Å². The van der Waals surface area contributed by atoms with E-state index in [1.165, 1.54) is 6.07 Å². The average Bonchev–Trinajstić information content (AvgIpc) is 2.33. The van der Waals surface area contributed by atoms with Crippen molar-refractivity contribution in [3.8, 4) is 11.8 Å². The summed E-state index contributed by atoms with van der Waals surface area (Å²) in [5, 5.41) is 24.9. The summed E-state index contributed by atoms with van der Waals surface area (Å²) < 4.78 is 13.2. The Bertz CT molecular complexity index is 436. The molecule has 0 saturated carbocycles. The third-order valence-corrected chi connectivity index (χ3v) is 2.68. The van der Waals surface area contributed by atoms with Crippen LogP contribution in [0.25, 0.3) is 0 Å². The largest absolute Gasteiger partial charge is 0.505 e. The van der Waals surface area contributed by atoms with Crippen LogP contribution in [0, 0.1) is 17.1 Å². The maximum atomic E-state index is 13.2. The van der Waals surface area contributed by atoms with E-state index in [1.807, 2.05) is 6.07 Å². The third-order valence-electron chi connectivity index (χ3n) is 2.68. The van der Waals surface area contributed by atoms with Crippen LogP contribution < -0.4 is 10.6 Å². The van der Waals surface area contributed by atoms with Gasteiger partial charge in [0, 0.05) is 31.2 Å². The predicted molar refractivity (Wildman–Crippen MR) is 56.4 cm³/mol. The van der Waals surface area contributed by atoms with Gasteiger partial charge in [0.15, 0.2) is 11.6 Å². The molecule has 84 valence electrons. The van der Waals surface area contributed by atoms with Gasteiger partial charge >= 0.3 is 0 Å². The second-order valence-corrected chi connectivity index (χ2v) is 3.68. The van der Waals surface area contributed by atoms with Crippen molar-refractivity contribution in [3.63, 3.8) is 0 Å². The van der Waals surface area contributed by atoms with Gasteiger partial charge in [0.05, 0.1) is 11.6 Å². The summed E-state index contributed by atoms with van der Waals surface area (Å²) in [6, 6.07) is 4.24. The van der Waals surface area contributed by atoms with Gasteiger partial charge in [-0.3, -0.25) is 0 Å². The number of nitriles is 1. The van der Waals surface area contributed by atoms with Crippen molar-refractivity contribution in [1.29, 1.82) is 5.26 Å². The highest BCUT2D eigenvalue weighted by molar-refractivity contribution is 5.49. The molecule has 1 heterocycles. The van der Waals surface area contributed by atoms with Crippen molar-refractivity contribution in [2.75, 3.05) is 19.6 Å². The summed E-state index contributed by atoms with van der Waals surface area (Å²) in [6.07, 6.45) is 0. The zero-order valence-corrected chi connectivity index (χ0v) is 8.63. The smallest absolute Gasteiger partial charge is 0.165 e. The Labute approximate surface area is 92.7 Å². The molecule has 0 bridgehead atoms. The van der Waals surface area contributed by atoms with E-state index >= 15 is 0 Å². The number of phenols is 1. The minimum Gasteiger partial charge on any atom is -0.505 e. The second-order valence-electron chi connectivity index (χ2n) is 3.68. The molecule has 1 aromatic rings. The number of nitrogens with zero attached hydrogens (tertiary/aromatic N) is 1. The van der Waals surface area contributed by atoms with E-state index in [0.29, 0.717) is 17.7 Å². The minimum absolute atomic E-state index is 0.223. The molecular weight excluding hydrogens is 209 g/mol. The molecule has 16 heavy (non-hydrogen) atoms.